The largest absolute Gasteiger partial charge is 0.480 e. The Balaban J connectivity index is 1.92. The molecule has 0 aromatic carbocycles. The van der Waals surface area contributed by atoms with Gasteiger partial charge in [-0.05, 0) is 13.3 Å². The molecule has 2 aromatic heterocycles. The molecule has 0 saturated heterocycles. The van der Waals surface area contributed by atoms with Crippen LogP contribution in [0.1, 0.15) is 40.8 Å². The molecule has 1 aliphatic rings. The van der Waals surface area contributed by atoms with Crippen LogP contribution in [0.4, 0.5) is 0 Å². The van der Waals surface area contributed by atoms with Crippen molar-refractivity contribution in [1.29, 1.82) is 0 Å². The molecular formula is C15H19N5O3. The molecule has 8 nitrogen and oxygen atoms in total. The molecule has 0 bridgehead atoms. The van der Waals surface area contributed by atoms with Crippen LogP contribution in [0.5, 0.6) is 0 Å². The molecule has 1 aliphatic heterocycles. The van der Waals surface area contributed by atoms with Crippen molar-refractivity contribution in [3.63, 3.8) is 0 Å². The molecule has 122 valence electrons. The Bertz CT molecular complexity index is 748. The number of carboxylic acid groups (broad SMARTS) is 1. The van der Waals surface area contributed by atoms with Crippen molar-refractivity contribution in [2.75, 3.05) is 0 Å². The lowest BCUT2D eigenvalue weighted by atomic mass is 10.0. The molecule has 3 heterocycles. The van der Waals surface area contributed by atoms with Crippen LogP contribution in [-0.4, -0.2) is 47.7 Å². The molecule has 2 aromatic rings. The van der Waals surface area contributed by atoms with Crippen LogP contribution in [0.25, 0.3) is 0 Å². The van der Waals surface area contributed by atoms with E-state index in [0.29, 0.717) is 11.3 Å². The van der Waals surface area contributed by atoms with Crippen molar-refractivity contribution in [3.05, 3.63) is 35.2 Å². The number of fused-ring (bicyclic) bond motifs is 1. The highest BCUT2D eigenvalue weighted by Gasteiger charge is 2.37. The fraction of sp³-hybridized carbons (Fsp3) is 0.467. The first-order valence-corrected chi connectivity index (χ1v) is 7.60. The predicted molar refractivity (Wildman–Crippen MR) is 80.8 cm³/mol. The number of nitrogens with zero attached hydrogens (tertiary/aromatic N) is 4. The Morgan fingerprint density at radius 3 is 2.96 bits per heavy atom. The fourth-order valence-electron chi connectivity index (χ4n) is 2.92. The minimum absolute atomic E-state index is 0.210. The summed E-state index contributed by atoms with van der Waals surface area (Å²) in [6, 6.07) is -0.910. The van der Waals surface area contributed by atoms with Crippen molar-refractivity contribution >= 4 is 11.9 Å². The molecular weight excluding hydrogens is 298 g/mol. The quantitative estimate of drug-likeness (QED) is 0.874. The van der Waals surface area contributed by atoms with E-state index in [0.717, 1.165) is 24.4 Å². The summed E-state index contributed by atoms with van der Waals surface area (Å²) in [5, 5.41) is 13.7. The number of carbonyl (C=O) groups is 2. The number of aryl methyl sites for hydroxylation is 1. The number of aliphatic carboxylic acids is 1. The van der Waals surface area contributed by atoms with E-state index < -0.39 is 12.0 Å². The summed E-state index contributed by atoms with van der Waals surface area (Å²) < 4.78 is 1.77. The summed E-state index contributed by atoms with van der Waals surface area (Å²) in [6.07, 6.45) is 4.17. The van der Waals surface area contributed by atoms with Gasteiger partial charge < -0.3 is 15.0 Å². The zero-order valence-corrected chi connectivity index (χ0v) is 13.1. The smallest absolute Gasteiger partial charge is 0.326 e. The zero-order chi connectivity index (χ0) is 16.6. The normalized spacial score (nSPS) is 17.1. The summed E-state index contributed by atoms with van der Waals surface area (Å²) in [4.78, 5) is 32.9. The second-order valence-electron chi connectivity index (χ2n) is 5.69. The Kier molecular flexibility index (Phi) is 3.89. The van der Waals surface area contributed by atoms with E-state index in [1.54, 1.807) is 4.68 Å². The van der Waals surface area contributed by atoms with Crippen LogP contribution >= 0.6 is 0 Å². The van der Waals surface area contributed by atoms with Gasteiger partial charge in [-0.15, -0.1) is 0 Å². The number of hydrogen-bond donors (Lipinski definition) is 2. The number of imidazole rings is 1. The van der Waals surface area contributed by atoms with Gasteiger partial charge in [0.15, 0.2) is 0 Å². The second-order valence-corrected chi connectivity index (χ2v) is 5.69. The number of H-pyrrole nitrogens is 1. The highest BCUT2D eigenvalue weighted by atomic mass is 16.4. The van der Waals surface area contributed by atoms with Gasteiger partial charge in [0.25, 0.3) is 5.91 Å². The van der Waals surface area contributed by atoms with E-state index in [2.05, 4.69) is 15.1 Å². The molecule has 1 atom stereocenters. The van der Waals surface area contributed by atoms with E-state index in [9.17, 15) is 14.7 Å². The molecule has 3 rings (SSSR count). The summed E-state index contributed by atoms with van der Waals surface area (Å²) >= 11 is 0. The zero-order valence-electron chi connectivity index (χ0n) is 13.1. The summed E-state index contributed by atoms with van der Waals surface area (Å²) in [6.45, 7) is 4.81. The maximum Gasteiger partial charge on any atom is 0.326 e. The molecule has 0 spiro atoms. The summed E-state index contributed by atoms with van der Waals surface area (Å²) in [7, 11) is 0. The van der Waals surface area contributed by atoms with E-state index in [1.807, 2.05) is 13.8 Å². The van der Waals surface area contributed by atoms with Crippen molar-refractivity contribution in [3.8, 4) is 0 Å². The maximum absolute atomic E-state index is 12.9. The maximum atomic E-state index is 12.9. The monoisotopic (exact) mass is 317 g/mol. The van der Waals surface area contributed by atoms with Gasteiger partial charge in [-0.2, -0.15) is 5.10 Å². The first kappa shape index (κ1) is 15.3. The molecule has 1 unspecified atom stereocenters. The summed E-state index contributed by atoms with van der Waals surface area (Å²) in [5.41, 5.74) is 2.71. The third kappa shape index (κ3) is 2.60. The van der Waals surface area contributed by atoms with E-state index in [1.165, 1.54) is 17.4 Å². The molecule has 0 fully saturated rings. The van der Waals surface area contributed by atoms with E-state index in [4.69, 9.17) is 0 Å². The average Bonchev–Trinajstić information content (AvgIpc) is 3.12. The van der Waals surface area contributed by atoms with Gasteiger partial charge in [-0.25, -0.2) is 9.78 Å². The second kappa shape index (κ2) is 5.86. The number of nitrogens with one attached hydrogen (secondary N) is 1. The topological polar surface area (TPSA) is 104 Å². The highest BCUT2D eigenvalue weighted by Crippen LogP contribution is 2.24. The van der Waals surface area contributed by atoms with Crippen LogP contribution in [-0.2, 0) is 24.3 Å². The molecule has 2 N–H and O–H groups in total. The van der Waals surface area contributed by atoms with Crippen LogP contribution < -0.4 is 0 Å². The number of hydrogen-bond acceptors (Lipinski definition) is 4. The summed E-state index contributed by atoms with van der Waals surface area (Å²) in [5.74, 6) is -1.33. The molecule has 23 heavy (non-hydrogen) atoms. The number of amides is 1. The molecule has 0 aliphatic carbocycles. The van der Waals surface area contributed by atoms with Crippen molar-refractivity contribution in [2.24, 2.45) is 0 Å². The van der Waals surface area contributed by atoms with E-state index >= 15 is 0 Å². The molecule has 0 saturated carbocycles. The Hall–Kier alpha value is -2.64. The lowest BCUT2D eigenvalue weighted by Gasteiger charge is -2.32. The van der Waals surface area contributed by atoms with Crippen molar-refractivity contribution < 1.29 is 14.7 Å². The van der Waals surface area contributed by atoms with Gasteiger partial charge in [-0.3, -0.25) is 9.48 Å². The fourth-order valence-corrected chi connectivity index (χ4v) is 2.92. The lowest BCUT2D eigenvalue weighted by molar-refractivity contribution is -0.142. The van der Waals surface area contributed by atoms with Gasteiger partial charge in [0, 0.05) is 18.7 Å². The first-order valence-electron chi connectivity index (χ1n) is 7.60. The Morgan fingerprint density at radius 2 is 2.26 bits per heavy atom. The van der Waals surface area contributed by atoms with Gasteiger partial charge in [-0.1, -0.05) is 6.92 Å². The van der Waals surface area contributed by atoms with Gasteiger partial charge in [0.1, 0.15) is 6.04 Å². The van der Waals surface area contributed by atoms with Gasteiger partial charge >= 0.3 is 5.97 Å². The van der Waals surface area contributed by atoms with Crippen LogP contribution in [0, 0.1) is 6.92 Å². The number of carboxylic acids is 1. The van der Waals surface area contributed by atoms with E-state index in [-0.39, 0.29) is 18.9 Å². The minimum atomic E-state index is -1.02. The number of aromatic nitrogens is 4. The molecule has 1 amide bonds. The standard InChI is InChI=1S/C15H19N5O3/c1-3-4-20-9(2)10(6-18-20)14(21)19-7-12-11(16-8-17-12)5-13(19)15(22)23/h6,8,13H,3-5,7H2,1-2H3,(H,16,17)(H,22,23). The molecule has 8 heteroatoms. The average molecular weight is 317 g/mol. The van der Waals surface area contributed by atoms with Crippen LogP contribution in [0.3, 0.4) is 0 Å². The lowest BCUT2D eigenvalue weighted by Crippen LogP contribution is -2.48. The Morgan fingerprint density at radius 1 is 1.48 bits per heavy atom. The number of aromatic amines is 1. The Labute approximate surface area is 133 Å². The number of rotatable bonds is 4. The first-order chi connectivity index (χ1) is 11.0. The third-order valence-electron chi connectivity index (χ3n) is 4.21. The van der Waals surface area contributed by atoms with Gasteiger partial charge in [0.05, 0.1) is 36.0 Å². The highest BCUT2D eigenvalue weighted by molar-refractivity contribution is 5.97. The number of carbonyl (C=O) groups excluding carboxylic acids is 1. The van der Waals surface area contributed by atoms with Crippen LogP contribution in [0.2, 0.25) is 0 Å². The third-order valence-corrected chi connectivity index (χ3v) is 4.21. The SMILES string of the molecule is CCCn1ncc(C(=O)N2Cc3[nH]cnc3CC2C(=O)O)c1C. The van der Waals surface area contributed by atoms with Crippen molar-refractivity contribution in [2.45, 2.75) is 45.8 Å². The predicted octanol–water partition coefficient (Wildman–Crippen LogP) is 0.976. The molecule has 0 radical (unpaired) electrons. The van der Waals surface area contributed by atoms with Crippen molar-refractivity contribution in [1.82, 2.24) is 24.6 Å². The van der Waals surface area contributed by atoms with Gasteiger partial charge in [0.2, 0.25) is 0 Å². The minimum Gasteiger partial charge on any atom is -0.480 e. The van der Waals surface area contributed by atoms with Crippen LogP contribution in [0.15, 0.2) is 12.5 Å².